The number of benzene rings is 2. The summed E-state index contributed by atoms with van der Waals surface area (Å²) in [6, 6.07) is 15.0. The van der Waals surface area contributed by atoms with Crippen LogP contribution < -0.4 is 21.3 Å². The van der Waals surface area contributed by atoms with Crippen molar-refractivity contribution in [3.8, 4) is 17.3 Å². The summed E-state index contributed by atoms with van der Waals surface area (Å²) in [5.41, 5.74) is 3.96. The zero-order valence-corrected chi connectivity index (χ0v) is 31.7. The standard InChI is InChI=1S/C39H38N12O5S/c1-2-57-49-21-39(22-49,13-14-40)50-20-24(19-44-50)32-28-12-17-42-33(28)48-38(47-32)45-25-6-4-23(5-7-25)34(53)43-16-3-15-41-26-8-9-27-29(18-26)37(56)51(36(27)55)30-10-11-31(52)46-35(30)54/h4-9,12,17-20,30,41H,2-3,10-11,13,15-16,21-22H2,1H3,(H,43,53)(H,46,52,54)(H2,42,45,47,48). The molecule has 2 fully saturated rings. The van der Waals surface area contributed by atoms with Crippen LogP contribution in [0.25, 0.3) is 22.3 Å². The second kappa shape index (κ2) is 15.5. The van der Waals surface area contributed by atoms with Gasteiger partial charge in [0.15, 0.2) is 0 Å². The number of hydrogen-bond acceptors (Lipinski definition) is 13. The van der Waals surface area contributed by atoms with Gasteiger partial charge in [0.25, 0.3) is 17.7 Å². The zero-order chi connectivity index (χ0) is 39.7. The van der Waals surface area contributed by atoms with Crippen molar-refractivity contribution in [3.63, 3.8) is 0 Å². The van der Waals surface area contributed by atoms with E-state index in [4.69, 9.17) is 4.98 Å². The van der Waals surface area contributed by atoms with Crippen LogP contribution >= 0.6 is 11.9 Å². The van der Waals surface area contributed by atoms with E-state index >= 15 is 0 Å². The van der Waals surface area contributed by atoms with Crippen molar-refractivity contribution in [1.29, 1.82) is 5.26 Å². The number of rotatable bonds is 14. The number of imide groups is 2. The molecule has 0 radical (unpaired) electrons. The normalized spacial score (nSPS) is 17.5. The average Bonchev–Trinajstić information content (AvgIpc) is 3.93. The lowest BCUT2D eigenvalue weighted by atomic mass is 9.89. The van der Waals surface area contributed by atoms with E-state index in [0.29, 0.717) is 60.2 Å². The number of nitriles is 1. The largest absolute Gasteiger partial charge is 0.385 e. The molecular weight excluding hydrogens is 749 g/mol. The lowest BCUT2D eigenvalue weighted by Crippen LogP contribution is -2.60. The van der Waals surface area contributed by atoms with Crippen molar-refractivity contribution in [2.45, 2.75) is 44.2 Å². The molecule has 3 aliphatic heterocycles. The van der Waals surface area contributed by atoms with Gasteiger partial charge < -0.3 is 20.9 Å². The molecule has 6 heterocycles. The van der Waals surface area contributed by atoms with Crippen LogP contribution in [0.1, 0.15) is 63.7 Å². The minimum absolute atomic E-state index is 0.0541. The van der Waals surface area contributed by atoms with Gasteiger partial charge in [-0.2, -0.15) is 15.3 Å². The quantitative estimate of drug-likeness (QED) is 0.0615. The number of aromatic amines is 1. The van der Waals surface area contributed by atoms with E-state index in [-0.39, 0.29) is 35.4 Å². The Hall–Kier alpha value is -6.58. The summed E-state index contributed by atoms with van der Waals surface area (Å²) in [7, 11) is 0. The smallest absolute Gasteiger partial charge is 0.262 e. The molecule has 0 aliphatic carbocycles. The Bertz CT molecular complexity index is 2450. The van der Waals surface area contributed by atoms with Gasteiger partial charge in [-0.3, -0.25) is 38.9 Å². The summed E-state index contributed by atoms with van der Waals surface area (Å²) < 4.78 is 4.15. The molecule has 1 unspecified atom stereocenters. The number of carbonyl (C=O) groups is 5. The Kier molecular flexibility index (Phi) is 10.2. The van der Waals surface area contributed by atoms with Crippen LogP contribution in [0.4, 0.5) is 17.3 Å². The van der Waals surface area contributed by atoms with E-state index in [0.717, 1.165) is 34.7 Å². The summed E-state index contributed by atoms with van der Waals surface area (Å²) in [5, 5.41) is 26.6. The summed E-state index contributed by atoms with van der Waals surface area (Å²) in [4.78, 5) is 76.4. The fourth-order valence-electron chi connectivity index (χ4n) is 7.33. The second-order valence-corrected chi connectivity index (χ2v) is 15.4. The maximum atomic E-state index is 13.1. The van der Waals surface area contributed by atoms with E-state index in [1.807, 2.05) is 23.1 Å². The Balaban J connectivity index is 0.843. The highest BCUT2D eigenvalue weighted by molar-refractivity contribution is 7.97. The third-order valence-electron chi connectivity index (χ3n) is 10.2. The minimum atomic E-state index is -1.02. The van der Waals surface area contributed by atoms with Crippen LogP contribution in [0.15, 0.2) is 67.1 Å². The number of nitrogens with one attached hydrogen (secondary N) is 5. The highest BCUT2D eigenvalue weighted by Gasteiger charge is 2.46. The van der Waals surface area contributed by atoms with Gasteiger partial charge >= 0.3 is 0 Å². The number of aromatic nitrogens is 5. The lowest BCUT2D eigenvalue weighted by molar-refractivity contribution is -0.136. The monoisotopic (exact) mass is 786 g/mol. The highest BCUT2D eigenvalue weighted by Crippen LogP contribution is 2.38. The van der Waals surface area contributed by atoms with E-state index in [2.05, 4.69) is 53.6 Å². The van der Waals surface area contributed by atoms with Gasteiger partial charge in [0.2, 0.25) is 17.8 Å². The number of hydrogen-bond donors (Lipinski definition) is 5. The van der Waals surface area contributed by atoms with Crippen LogP contribution in [0, 0.1) is 11.3 Å². The first-order chi connectivity index (χ1) is 27.7. The second-order valence-electron chi connectivity index (χ2n) is 14.0. The SMILES string of the molecule is CCSN1CC(CC#N)(n2cc(-c3nc(Nc4ccc(C(=O)NCCCNc5ccc6c(c5)C(=O)N(C5CCC(=O)NC5=O)C6=O)cc4)nc4[nH]ccc34)cn2)C1. The molecule has 290 valence electrons. The predicted molar refractivity (Wildman–Crippen MR) is 211 cm³/mol. The topological polar surface area (TPSA) is 223 Å². The molecule has 5 amide bonds. The molecule has 0 bridgehead atoms. The lowest BCUT2D eigenvalue weighted by Gasteiger charge is -2.48. The molecule has 17 nitrogen and oxygen atoms in total. The number of H-pyrrole nitrogens is 1. The molecule has 18 heteroatoms. The molecule has 0 saturated carbocycles. The Labute approximate surface area is 330 Å². The van der Waals surface area contributed by atoms with Crippen LogP contribution in [0.5, 0.6) is 0 Å². The maximum Gasteiger partial charge on any atom is 0.262 e. The summed E-state index contributed by atoms with van der Waals surface area (Å²) in [6.45, 7) is 4.45. The van der Waals surface area contributed by atoms with Crippen LogP contribution in [0.2, 0.25) is 0 Å². The zero-order valence-electron chi connectivity index (χ0n) is 30.9. The van der Waals surface area contributed by atoms with E-state index in [1.165, 1.54) is 0 Å². The third kappa shape index (κ3) is 7.30. The number of piperidine rings is 1. The van der Waals surface area contributed by atoms with E-state index < -0.39 is 29.7 Å². The van der Waals surface area contributed by atoms with Crippen LogP contribution in [-0.2, 0) is 15.1 Å². The number of nitrogens with zero attached hydrogens (tertiary/aromatic N) is 7. The molecule has 0 spiro atoms. The van der Waals surface area contributed by atoms with Crippen molar-refractivity contribution in [2.24, 2.45) is 0 Å². The molecule has 8 rings (SSSR count). The molecule has 3 aliphatic rings. The third-order valence-corrected chi connectivity index (χ3v) is 11.1. The average molecular weight is 787 g/mol. The van der Waals surface area contributed by atoms with Gasteiger partial charge in [0, 0.05) is 78.6 Å². The first-order valence-electron chi connectivity index (χ1n) is 18.6. The fraction of sp³-hybridized carbons (Fsp3) is 0.308. The number of fused-ring (bicyclic) bond motifs is 2. The van der Waals surface area contributed by atoms with Crippen molar-refractivity contribution in [3.05, 3.63) is 83.8 Å². The predicted octanol–water partition coefficient (Wildman–Crippen LogP) is 3.79. The van der Waals surface area contributed by atoms with Gasteiger partial charge in [-0.15, -0.1) is 0 Å². The summed E-state index contributed by atoms with van der Waals surface area (Å²) >= 11 is 1.76. The van der Waals surface area contributed by atoms with Gasteiger partial charge in [-0.1, -0.05) is 18.9 Å². The molecule has 5 aromatic rings. The van der Waals surface area contributed by atoms with E-state index in [1.54, 1.807) is 60.6 Å². The Morgan fingerprint density at radius 3 is 2.58 bits per heavy atom. The Morgan fingerprint density at radius 1 is 1.02 bits per heavy atom. The van der Waals surface area contributed by atoms with Gasteiger partial charge in [0.1, 0.15) is 17.2 Å². The molecule has 5 N–H and O–H groups in total. The van der Waals surface area contributed by atoms with Crippen molar-refractivity contribution >= 4 is 69.8 Å². The first-order valence-corrected chi connectivity index (χ1v) is 19.5. The number of anilines is 3. The maximum absolute atomic E-state index is 13.1. The minimum Gasteiger partial charge on any atom is -0.385 e. The van der Waals surface area contributed by atoms with Gasteiger partial charge in [-0.25, -0.2) is 9.29 Å². The molecule has 3 aromatic heterocycles. The van der Waals surface area contributed by atoms with Gasteiger partial charge in [-0.05, 0) is 61.4 Å². The fourth-order valence-corrected chi connectivity index (χ4v) is 8.36. The molecule has 2 aromatic carbocycles. The first kappa shape index (κ1) is 37.3. The number of carbonyl (C=O) groups excluding carboxylic acids is 5. The summed E-state index contributed by atoms with van der Waals surface area (Å²) in [5.74, 6) is -1.11. The van der Waals surface area contributed by atoms with Crippen molar-refractivity contribution in [2.75, 3.05) is 42.6 Å². The van der Waals surface area contributed by atoms with Crippen LogP contribution in [0.3, 0.4) is 0 Å². The van der Waals surface area contributed by atoms with Gasteiger partial charge in [0.05, 0.1) is 35.5 Å². The van der Waals surface area contributed by atoms with Crippen molar-refractivity contribution in [1.82, 2.24) is 44.6 Å². The molecule has 2 saturated heterocycles. The van der Waals surface area contributed by atoms with E-state index in [9.17, 15) is 29.2 Å². The highest BCUT2D eigenvalue weighted by atomic mass is 32.2. The number of amides is 5. The molecule has 57 heavy (non-hydrogen) atoms. The van der Waals surface area contributed by atoms with Crippen LogP contribution in [-0.4, -0.2) is 101 Å². The Morgan fingerprint density at radius 2 is 1.81 bits per heavy atom. The van der Waals surface area contributed by atoms with Crippen molar-refractivity contribution < 1.29 is 24.0 Å². The molecular formula is C39H38N12O5S. The summed E-state index contributed by atoms with van der Waals surface area (Å²) in [6.07, 6.45) is 6.61. The molecule has 1 atom stereocenters.